The molecule has 3 aromatic rings. The van der Waals surface area contributed by atoms with Crippen LogP contribution in [0.15, 0.2) is 71.6 Å². The van der Waals surface area contributed by atoms with Gasteiger partial charge in [0.1, 0.15) is 0 Å². The van der Waals surface area contributed by atoms with Gasteiger partial charge in [-0.25, -0.2) is 13.2 Å². The second kappa shape index (κ2) is 10.5. The molecule has 9 heteroatoms. The van der Waals surface area contributed by atoms with Crippen molar-refractivity contribution in [3.05, 3.63) is 89.0 Å². The monoisotopic (exact) mass is 494 g/mol. The summed E-state index contributed by atoms with van der Waals surface area (Å²) < 4.78 is 33.6. The van der Waals surface area contributed by atoms with Crippen LogP contribution in [0.25, 0.3) is 0 Å². The molecular weight excluding hydrogens is 468 g/mol. The minimum atomic E-state index is -3.97. The van der Waals surface area contributed by atoms with E-state index in [0.29, 0.717) is 22.5 Å². The third kappa shape index (κ3) is 6.54. The van der Waals surface area contributed by atoms with Crippen molar-refractivity contribution in [1.29, 1.82) is 0 Å². The van der Waals surface area contributed by atoms with E-state index < -0.39 is 28.0 Å². The molecule has 3 aromatic carbocycles. The first-order valence-electron chi connectivity index (χ1n) is 10.8. The fraction of sp³-hybridized carbons (Fsp3) is 0.192. The molecule has 0 aliphatic heterocycles. The van der Waals surface area contributed by atoms with Crippen LogP contribution in [0.4, 0.5) is 11.4 Å². The number of esters is 1. The van der Waals surface area contributed by atoms with E-state index in [0.717, 1.165) is 5.56 Å². The molecule has 0 radical (unpaired) electrons. The number of ketones is 1. The molecule has 2 N–H and O–H groups in total. The van der Waals surface area contributed by atoms with E-state index in [4.69, 9.17) is 4.74 Å². The van der Waals surface area contributed by atoms with E-state index >= 15 is 0 Å². The molecule has 1 atom stereocenters. The Balaban J connectivity index is 1.71. The lowest BCUT2D eigenvalue weighted by molar-refractivity contribution is -0.123. The normalized spacial score (nSPS) is 11.9. The summed E-state index contributed by atoms with van der Waals surface area (Å²) in [5, 5.41) is 2.61. The van der Waals surface area contributed by atoms with Crippen LogP contribution in [0.5, 0.6) is 0 Å². The maximum Gasteiger partial charge on any atom is 0.338 e. The molecule has 0 aliphatic rings. The van der Waals surface area contributed by atoms with E-state index in [1.54, 1.807) is 55.5 Å². The van der Waals surface area contributed by atoms with Crippen LogP contribution in [0.2, 0.25) is 0 Å². The van der Waals surface area contributed by atoms with E-state index in [1.165, 1.54) is 32.0 Å². The zero-order valence-electron chi connectivity index (χ0n) is 19.8. The summed E-state index contributed by atoms with van der Waals surface area (Å²) in [4.78, 5) is 36.4. The molecule has 35 heavy (non-hydrogen) atoms. The average Bonchev–Trinajstić information content (AvgIpc) is 2.80. The molecule has 0 saturated heterocycles. The van der Waals surface area contributed by atoms with E-state index in [2.05, 4.69) is 10.0 Å². The maximum absolute atomic E-state index is 12.9. The zero-order chi connectivity index (χ0) is 25.8. The minimum Gasteiger partial charge on any atom is -0.449 e. The van der Waals surface area contributed by atoms with Gasteiger partial charge in [0.25, 0.3) is 15.9 Å². The Kier molecular flexibility index (Phi) is 7.71. The maximum atomic E-state index is 12.9. The number of nitrogens with one attached hydrogen (secondary N) is 2. The molecule has 0 spiro atoms. The molecule has 8 nitrogen and oxygen atoms in total. The Morgan fingerprint density at radius 1 is 0.829 bits per heavy atom. The first-order chi connectivity index (χ1) is 16.5. The summed E-state index contributed by atoms with van der Waals surface area (Å²) in [5.74, 6) is -1.51. The van der Waals surface area contributed by atoms with Gasteiger partial charge in [-0.1, -0.05) is 23.8 Å². The van der Waals surface area contributed by atoms with Gasteiger partial charge in [-0.05, 0) is 81.8 Å². The SMILES string of the molecule is CC(=O)c1ccc(NC(=O)[C@H](C)OC(=O)c2ccc(C)c(S(=O)(=O)Nc3ccc(C)cc3)c2)cc1. The molecule has 182 valence electrons. The molecule has 3 rings (SSSR count). The third-order valence-electron chi connectivity index (χ3n) is 5.23. The molecular formula is C26H26N2O6S. The second-order valence-electron chi connectivity index (χ2n) is 8.12. The van der Waals surface area contributed by atoms with E-state index in [1.807, 2.05) is 6.92 Å². The number of ether oxygens (including phenoxy) is 1. The first kappa shape index (κ1) is 25.6. The van der Waals surface area contributed by atoms with Gasteiger partial charge in [-0.2, -0.15) is 0 Å². The zero-order valence-corrected chi connectivity index (χ0v) is 20.6. The quantitative estimate of drug-likeness (QED) is 0.352. The molecule has 0 unspecified atom stereocenters. The van der Waals surface area contributed by atoms with Crippen molar-refractivity contribution in [3.63, 3.8) is 0 Å². The number of hydrogen-bond donors (Lipinski definition) is 2. The van der Waals surface area contributed by atoms with Crippen molar-refractivity contribution in [2.75, 3.05) is 10.0 Å². The number of benzene rings is 3. The molecule has 1 amide bonds. The molecule has 0 aromatic heterocycles. The highest BCUT2D eigenvalue weighted by Crippen LogP contribution is 2.22. The summed E-state index contributed by atoms with van der Waals surface area (Å²) in [7, 11) is -3.97. The van der Waals surface area contributed by atoms with Crippen LogP contribution in [0.3, 0.4) is 0 Å². The topological polar surface area (TPSA) is 119 Å². The van der Waals surface area contributed by atoms with Gasteiger partial charge in [-0.3, -0.25) is 14.3 Å². The van der Waals surface area contributed by atoms with Crippen molar-refractivity contribution in [2.24, 2.45) is 0 Å². The summed E-state index contributed by atoms with van der Waals surface area (Å²) in [6.45, 7) is 6.35. The van der Waals surface area contributed by atoms with Crippen molar-refractivity contribution in [1.82, 2.24) is 0 Å². The average molecular weight is 495 g/mol. The van der Waals surface area contributed by atoms with Gasteiger partial charge >= 0.3 is 5.97 Å². The standard InChI is InChI=1S/C26H26N2O6S/c1-16-5-11-23(12-6-16)28-35(32,33)24-15-21(8-7-17(24)2)26(31)34-19(4)25(30)27-22-13-9-20(10-14-22)18(3)29/h5-15,19,28H,1-4H3,(H,27,30)/t19-/m0/s1. The lowest BCUT2D eigenvalue weighted by Crippen LogP contribution is -2.30. The summed E-state index contributed by atoms with van der Waals surface area (Å²) in [5.41, 5.74) is 2.76. The van der Waals surface area contributed by atoms with Crippen LogP contribution in [-0.2, 0) is 19.6 Å². The van der Waals surface area contributed by atoms with Gasteiger partial charge < -0.3 is 10.1 Å². The van der Waals surface area contributed by atoms with Crippen LogP contribution in [-0.4, -0.2) is 32.2 Å². The number of aryl methyl sites for hydroxylation is 2. The van der Waals surface area contributed by atoms with Gasteiger partial charge in [0.15, 0.2) is 11.9 Å². The lowest BCUT2D eigenvalue weighted by atomic mass is 10.1. The number of carbonyl (C=O) groups is 3. The molecule has 0 saturated carbocycles. The Hall–Kier alpha value is -3.98. The molecule has 0 aliphatic carbocycles. The minimum absolute atomic E-state index is 0.00894. The third-order valence-corrected chi connectivity index (χ3v) is 6.75. The summed E-state index contributed by atoms with van der Waals surface area (Å²) in [6, 6.07) is 17.3. The number of sulfonamides is 1. The fourth-order valence-corrected chi connectivity index (χ4v) is 4.49. The summed E-state index contributed by atoms with van der Waals surface area (Å²) >= 11 is 0. The number of carbonyl (C=O) groups excluding carboxylic acids is 3. The van der Waals surface area contributed by atoms with Crippen LogP contribution >= 0.6 is 0 Å². The fourth-order valence-electron chi connectivity index (χ4n) is 3.16. The second-order valence-corrected chi connectivity index (χ2v) is 9.77. The van der Waals surface area contributed by atoms with Crippen LogP contribution in [0, 0.1) is 13.8 Å². The highest BCUT2D eigenvalue weighted by atomic mass is 32.2. The van der Waals surface area contributed by atoms with Crippen LogP contribution in [0.1, 0.15) is 45.7 Å². The predicted octanol–water partition coefficient (Wildman–Crippen LogP) is 4.49. The van der Waals surface area contributed by atoms with Crippen LogP contribution < -0.4 is 10.0 Å². The molecule has 0 heterocycles. The van der Waals surface area contributed by atoms with Crippen molar-refractivity contribution in [3.8, 4) is 0 Å². The van der Waals surface area contributed by atoms with Gasteiger partial charge in [0, 0.05) is 16.9 Å². The number of anilines is 2. The number of rotatable bonds is 8. The first-order valence-corrected chi connectivity index (χ1v) is 12.3. The van der Waals surface area contributed by atoms with Crippen molar-refractivity contribution >= 4 is 39.1 Å². The number of Topliss-reactive ketones (excluding diaryl/α,β-unsaturated/α-hetero) is 1. The largest absolute Gasteiger partial charge is 0.449 e. The highest BCUT2D eigenvalue weighted by molar-refractivity contribution is 7.92. The van der Waals surface area contributed by atoms with E-state index in [-0.39, 0.29) is 16.2 Å². The Morgan fingerprint density at radius 3 is 2.00 bits per heavy atom. The Bertz CT molecular complexity index is 1360. The van der Waals surface area contributed by atoms with Crippen molar-refractivity contribution < 1.29 is 27.5 Å². The number of amides is 1. The lowest BCUT2D eigenvalue weighted by Gasteiger charge is -2.15. The smallest absolute Gasteiger partial charge is 0.338 e. The highest BCUT2D eigenvalue weighted by Gasteiger charge is 2.23. The Labute approximate surface area is 204 Å². The predicted molar refractivity (Wildman–Crippen MR) is 133 cm³/mol. The van der Waals surface area contributed by atoms with Gasteiger partial charge in [0.05, 0.1) is 10.5 Å². The van der Waals surface area contributed by atoms with Crippen molar-refractivity contribution in [2.45, 2.75) is 38.7 Å². The van der Waals surface area contributed by atoms with Gasteiger partial charge in [-0.15, -0.1) is 0 Å². The Morgan fingerprint density at radius 2 is 1.40 bits per heavy atom. The summed E-state index contributed by atoms with van der Waals surface area (Å²) in [6.07, 6.45) is -1.15. The van der Waals surface area contributed by atoms with Gasteiger partial charge in [0.2, 0.25) is 0 Å². The number of hydrogen-bond acceptors (Lipinski definition) is 6. The molecule has 0 fully saturated rings. The molecule has 0 bridgehead atoms. The van der Waals surface area contributed by atoms with E-state index in [9.17, 15) is 22.8 Å².